The zero-order valence-corrected chi connectivity index (χ0v) is 12.2. The highest BCUT2D eigenvalue weighted by Gasteiger charge is 2.21. The lowest BCUT2D eigenvalue weighted by molar-refractivity contribution is 0.778. The standard InChI is InChI=1S/C18H14N4/c1-11-19-20-21-22(11)16-10-14-6-2-4-12-8-9-13-5-3-7-15(16)18(13)17(12)14/h2-4,7-10H,5-6H2,1H3. The van der Waals surface area contributed by atoms with Crippen molar-refractivity contribution in [1.29, 1.82) is 0 Å². The van der Waals surface area contributed by atoms with Crippen molar-refractivity contribution in [2.75, 3.05) is 0 Å². The summed E-state index contributed by atoms with van der Waals surface area (Å²) in [5, 5.41) is 14.8. The third-order valence-corrected chi connectivity index (χ3v) is 4.61. The lowest BCUT2D eigenvalue weighted by Gasteiger charge is -2.22. The normalized spacial score (nSPS) is 14.8. The Kier molecular flexibility index (Phi) is 2.23. The number of benzene rings is 2. The molecule has 0 saturated heterocycles. The van der Waals surface area contributed by atoms with Crippen molar-refractivity contribution in [1.82, 2.24) is 20.2 Å². The first-order chi connectivity index (χ1) is 10.8. The number of nitrogens with zero attached hydrogens (tertiary/aromatic N) is 4. The van der Waals surface area contributed by atoms with Crippen LogP contribution in [0.2, 0.25) is 0 Å². The minimum absolute atomic E-state index is 0.811. The van der Waals surface area contributed by atoms with Crippen molar-refractivity contribution >= 4 is 22.9 Å². The predicted molar refractivity (Wildman–Crippen MR) is 86.9 cm³/mol. The van der Waals surface area contributed by atoms with Crippen LogP contribution < -0.4 is 0 Å². The molecule has 106 valence electrons. The van der Waals surface area contributed by atoms with E-state index in [2.05, 4.69) is 58.0 Å². The molecule has 0 fully saturated rings. The molecule has 2 aliphatic rings. The zero-order chi connectivity index (χ0) is 14.7. The molecule has 1 heterocycles. The molecule has 0 aliphatic heterocycles. The maximum Gasteiger partial charge on any atom is 0.153 e. The quantitative estimate of drug-likeness (QED) is 0.689. The maximum atomic E-state index is 4.17. The average Bonchev–Trinajstić information content (AvgIpc) is 2.98. The van der Waals surface area contributed by atoms with Gasteiger partial charge < -0.3 is 0 Å². The van der Waals surface area contributed by atoms with Crippen LogP contribution >= 0.6 is 0 Å². The van der Waals surface area contributed by atoms with E-state index < -0.39 is 0 Å². The molecular formula is C18H14N4. The minimum Gasteiger partial charge on any atom is -0.197 e. The largest absolute Gasteiger partial charge is 0.197 e. The van der Waals surface area contributed by atoms with Crippen molar-refractivity contribution in [2.45, 2.75) is 19.8 Å². The summed E-state index contributed by atoms with van der Waals surface area (Å²) in [5.41, 5.74) is 6.37. The Morgan fingerprint density at radius 3 is 2.73 bits per heavy atom. The van der Waals surface area contributed by atoms with Gasteiger partial charge in [0.1, 0.15) is 0 Å². The monoisotopic (exact) mass is 286 g/mol. The van der Waals surface area contributed by atoms with Gasteiger partial charge in [-0.1, -0.05) is 36.4 Å². The molecule has 0 N–H and O–H groups in total. The van der Waals surface area contributed by atoms with Crippen LogP contribution in [0.25, 0.3) is 28.6 Å². The van der Waals surface area contributed by atoms with Crippen molar-refractivity contribution in [3.05, 3.63) is 58.4 Å². The van der Waals surface area contributed by atoms with Crippen molar-refractivity contribution in [2.24, 2.45) is 0 Å². The first-order valence-electron chi connectivity index (χ1n) is 7.53. The van der Waals surface area contributed by atoms with E-state index in [-0.39, 0.29) is 0 Å². The van der Waals surface area contributed by atoms with E-state index in [0.717, 1.165) is 24.4 Å². The van der Waals surface area contributed by atoms with Gasteiger partial charge in [-0.2, -0.15) is 4.68 Å². The molecule has 0 spiro atoms. The Morgan fingerprint density at radius 1 is 1.00 bits per heavy atom. The van der Waals surface area contributed by atoms with Gasteiger partial charge in [-0.15, -0.1) is 5.10 Å². The van der Waals surface area contributed by atoms with Crippen LogP contribution in [0.15, 0.2) is 30.4 Å². The van der Waals surface area contributed by atoms with Crippen LogP contribution in [0.4, 0.5) is 0 Å². The highest BCUT2D eigenvalue weighted by molar-refractivity contribution is 6.04. The first-order valence-corrected chi connectivity index (χ1v) is 7.53. The fraction of sp³-hybridized carbons (Fsp3) is 0.167. The van der Waals surface area contributed by atoms with Gasteiger partial charge in [0.05, 0.1) is 5.69 Å². The first kappa shape index (κ1) is 11.9. The molecule has 3 aromatic rings. The molecule has 4 heteroatoms. The summed E-state index contributed by atoms with van der Waals surface area (Å²) < 4.78 is 1.84. The lowest BCUT2D eigenvalue weighted by Crippen LogP contribution is -2.08. The van der Waals surface area contributed by atoms with E-state index in [1.54, 1.807) is 0 Å². The minimum atomic E-state index is 0.811. The second-order valence-corrected chi connectivity index (χ2v) is 5.88. The van der Waals surface area contributed by atoms with E-state index in [1.807, 2.05) is 11.6 Å². The Morgan fingerprint density at radius 2 is 1.86 bits per heavy atom. The zero-order valence-electron chi connectivity index (χ0n) is 12.2. The Balaban J connectivity index is 1.98. The van der Waals surface area contributed by atoms with Gasteiger partial charge in [0, 0.05) is 5.56 Å². The summed E-state index contributed by atoms with van der Waals surface area (Å²) in [5.74, 6) is 0.811. The van der Waals surface area contributed by atoms with Gasteiger partial charge in [0.15, 0.2) is 5.82 Å². The Labute approximate surface area is 127 Å². The maximum absolute atomic E-state index is 4.17. The van der Waals surface area contributed by atoms with Crippen molar-refractivity contribution in [3.63, 3.8) is 0 Å². The Bertz CT molecular complexity index is 992. The van der Waals surface area contributed by atoms with Gasteiger partial charge in [0.2, 0.25) is 0 Å². The molecule has 22 heavy (non-hydrogen) atoms. The molecule has 0 saturated carbocycles. The third kappa shape index (κ3) is 1.44. The summed E-state index contributed by atoms with van der Waals surface area (Å²) in [7, 11) is 0. The molecule has 0 atom stereocenters. The second-order valence-electron chi connectivity index (χ2n) is 5.88. The van der Waals surface area contributed by atoms with Gasteiger partial charge >= 0.3 is 0 Å². The summed E-state index contributed by atoms with van der Waals surface area (Å²) in [6.07, 6.45) is 10.9. The van der Waals surface area contributed by atoms with E-state index in [4.69, 9.17) is 0 Å². The number of aryl methyl sites for hydroxylation is 1. The smallest absolute Gasteiger partial charge is 0.153 e. The molecule has 5 rings (SSSR count). The van der Waals surface area contributed by atoms with Gasteiger partial charge in [-0.25, -0.2) is 0 Å². The molecule has 0 unspecified atom stereocenters. The van der Waals surface area contributed by atoms with Gasteiger partial charge in [-0.05, 0) is 63.7 Å². The van der Waals surface area contributed by atoms with Gasteiger partial charge in [0.25, 0.3) is 0 Å². The van der Waals surface area contributed by atoms with E-state index >= 15 is 0 Å². The molecule has 0 bridgehead atoms. The number of aromatic nitrogens is 4. The SMILES string of the molecule is Cc1nnnn1-c1cc2c3c(ccc4c3c1C=CC4)C=CC2. The topological polar surface area (TPSA) is 43.6 Å². The molecule has 1 aromatic heterocycles. The fourth-order valence-electron chi connectivity index (χ4n) is 3.64. The summed E-state index contributed by atoms with van der Waals surface area (Å²) in [4.78, 5) is 0. The fourth-order valence-corrected chi connectivity index (χ4v) is 3.64. The van der Waals surface area contributed by atoms with E-state index in [9.17, 15) is 0 Å². The number of hydrogen-bond donors (Lipinski definition) is 0. The van der Waals surface area contributed by atoms with E-state index in [0.29, 0.717) is 0 Å². The molecule has 2 aromatic carbocycles. The van der Waals surface area contributed by atoms with Crippen LogP contribution in [0.1, 0.15) is 28.1 Å². The second kappa shape index (κ2) is 4.13. The summed E-state index contributed by atoms with van der Waals surface area (Å²) >= 11 is 0. The summed E-state index contributed by atoms with van der Waals surface area (Å²) in [6.45, 7) is 1.94. The lowest BCUT2D eigenvalue weighted by atomic mass is 9.84. The number of tetrazole rings is 1. The van der Waals surface area contributed by atoms with Crippen molar-refractivity contribution < 1.29 is 0 Å². The third-order valence-electron chi connectivity index (χ3n) is 4.61. The molecule has 0 radical (unpaired) electrons. The van der Waals surface area contributed by atoms with Gasteiger partial charge in [-0.3, -0.25) is 0 Å². The summed E-state index contributed by atoms with van der Waals surface area (Å²) in [6, 6.07) is 6.73. The molecular weight excluding hydrogens is 272 g/mol. The molecule has 0 amide bonds. The highest BCUT2D eigenvalue weighted by Crippen LogP contribution is 2.39. The molecule has 4 nitrogen and oxygen atoms in total. The number of hydrogen-bond acceptors (Lipinski definition) is 3. The predicted octanol–water partition coefficient (Wildman–Crippen LogP) is 3.26. The number of rotatable bonds is 1. The number of allylic oxidation sites excluding steroid dienone is 2. The van der Waals surface area contributed by atoms with Crippen LogP contribution in [-0.4, -0.2) is 20.2 Å². The van der Waals surface area contributed by atoms with Crippen LogP contribution in [0.3, 0.4) is 0 Å². The Hall–Kier alpha value is -2.75. The van der Waals surface area contributed by atoms with Crippen LogP contribution in [0, 0.1) is 6.92 Å². The van der Waals surface area contributed by atoms with Crippen molar-refractivity contribution in [3.8, 4) is 5.69 Å². The van der Waals surface area contributed by atoms with Crippen LogP contribution in [0.5, 0.6) is 0 Å². The van der Waals surface area contributed by atoms with E-state index in [1.165, 1.54) is 33.0 Å². The highest BCUT2D eigenvalue weighted by atomic mass is 15.5. The molecule has 2 aliphatic carbocycles. The average molecular weight is 286 g/mol. The van der Waals surface area contributed by atoms with Crippen LogP contribution in [-0.2, 0) is 12.8 Å².